The van der Waals surface area contributed by atoms with Gasteiger partial charge in [0.25, 0.3) is 0 Å². The standard InChI is InChI=1S/C10H19F3N2S/c11-10(12,13)3-6-15-7-8-16-9-1-4-14-5-2-9/h9,14-15H,1-8H2. The van der Waals surface area contributed by atoms with Gasteiger partial charge in [0.05, 0.1) is 6.42 Å². The molecule has 1 aliphatic heterocycles. The van der Waals surface area contributed by atoms with Gasteiger partial charge < -0.3 is 10.6 Å². The summed E-state index contributed by atoms with van der Waals surface area (Å²) in [5, 5.41) is 6.80. The van der Waals surface area contributed by atoms with Gasteiger partial charge in [-0.05, 0) is 25.9 Å². The van der Waals surface area contributed by atoms with Crippen LogP contribution in [-0.4, -0.2) is 43.4 Å². The zero-order chi connectivity index (χ0) is 11.9. The van der Waals surface area contributed by atoms with Crippen LogP contribution in [0.4, 0.5) is 13.2 Å². The third-order valence-corrected chi connectivity index (χ3v) is 3.89. The van der Waals surface area contributed by atoms with Gasteiger partial charge in [0.1, 0.15) is 0 Å². The minimum absolute atomic E-state index is 0.0380. The first-order chi connectivity index (χ1) is 7.58. The molecule has 16 heavy (non-hydrogen) atoms. The molecular weight excluding hydrogens is 237 g/mol. The van der Waals surface area contributed by atoms with Crippen LogP contribution in [0.2, 0.25) is 0 Å². The molecule has 1 heterocycles. The molecule has 0 radical (unpaired) electrons. The second kappa shape index (κ2) is 7.40. The van der Waals surface area contributed by atoms with E-state index in [1.807, 2.05) is 11.8 Å². The van der Waals surface area contributed by atoms with Gasteiger partial charge in [0.2, 0.25) is 0 Å². The zero-order valence-electron chi connectivity index (χ0n) is 9.28. The van der Waals surface area contributed by atoms with E-state index in [4.69, 9.17) is 0 Å². The number of rotatable bonds is 6. The van der Waals surface area contributed by atoms with Crippen molar-refractivity contribution in [2.45, 2.75) is 30.7 Å². The highest BCUT2D eigenvalue weighted by Crippen LogP contribution is 2.20. The lowest BCUT2D eigenvalue weighted by molar-refractivity contribution is -0.133. The number of nitrogens with one attached hydrogen (secondary N) is 2. The van der Waals surface area contributed by atoms with Gasteiger partial charge in [0, 0.05) is 24.1 Å². The Hall–Kier alpha value is 0.0600. The maximum Gasteiger partial charge on any atom is 0.390 e. The number of halogens is 3. The molecule has 0 aliphatic carbocycles. The maximum absolute atomic E-state index is 11.8. The molecule has 0 spiro atoms. The topological polar surface area (TPSA) is 24.1 Å². The van der Waals surface area contributed by atoms with Crippen molar-refractivity contribution in [3.8, 4) is 0 Å². The Labute approximate surface area is 98.7 Å². The number of hydrogen-bond acceptors (Lipinski definition) is 3. The van der Waals surface area contributed by atoms with E-state index in [1.165, 1.54) is 12.8 Å². The normalized spacial score (nSPS) is 18.9. The van der Waals surface area contributed by atoms with Crippen molar-refractivity contribution in [2.75, 3.05) is 31.9 Å². The molecule has 0 saturated carbocycles. The fraction of sp³-hybridized carbons (Fsp3) is 1.00. The third-order valence-electron chi connectivity index (χ3n) is 2.50. The first-order valence-corrected chi connectivity index (χ1v) is 6.72. The van der Waals surface area contributed by atoms with Gasteiger partial charge in [-0.2, -0.15) is 24.9 Å². The Kier molecular flexibility index (Phi) is 6.53. The first kappa shape index (κ1) is 14.1. The summed E-state index contributed by atoms with van der Waals surface area (Å²) in [5.41, 5.74) is 0. The van der Waals surface area contributed by atoms with Crippen LogP contribution in [0.5, 0.6) is 0 Å². The average Bonchev–Trinajstić information content (AvgIpc) is 2.23. The van der Waals surface area contributed by atoms with Gasteiger partial charge in [0.15, 0.2) is 0 Å². The molecule has 1 fully saturated rings. The molecule has 1 rings (SSSR count). The first-order valence-electron chi connectivity index (χ1n) is 5.68. The number of alkyl halides is 3. The lowest BCUT2D eigenvalue weighted by Crippen LogP contribution is -2.30. The molecule has 2 nitrogen and oxygen atoms in total. The van der Waals surface area contributed by atoms with Crippen molar-refractivity contribution in [1.29, 1.82) is 0 Å². The van der Waals surface area contributed by atoms with E-state index in [1.54, 1.807) is 0 Å². The highest BCUT2D eigenvalue weighted by atomic mass is 32.2. The highest BCUT2D eigenvalue weighted by Gasteiger charge is 2.25. The summed E-state index contributed by atoms with van der Waals surface area (Å²) < 4.78 is 35.4. The number of thioether (sulfide) groups is 1. The molecule has 0 bridgehead atoms. The molecule has 0 atom stereocenters. The molecule has 2 N–H and O–H groups in total. The van der Waals surface area contributed by atoms with E-state index < -0.39 is 12.6 Å². The molecule has 96 valence electrons. The van der Waals surface area contributed by atoms with Crippen LogP contribution in [-0.2, 0) is 0 Å². The van der Waals surface area contributed by atoms with Gasteiger partial charge >= 0.3 is 6.18 Å². The van der Waals surface area contributed by atoms with Crippen LogP contribution < -0.4 is 10.6 Å². The maximum atomic E-state index is 11.8. The van der Waals surface area contributed by atoms with E-state index >= 15 is 0 Å². The van der Waals surface area contributed by atoms with Gasteiger partial charge in [-0.3, -0.25) is 0 Å². The van der Waals surface area contributed by atoms with Crippen molar-refractivity contribution in [2.24, 2.45) is 0 Å². The predicted octanol–water partition coefficient (Wildman–Crippen LogP) is 2.01. The fourth-order valence-electron chi connectivity index (χ4n) is 1.61. The van der Waals surface area contributed by atoms with Crippen molar-refractivity contribution in [1.82, 2.24) is 10.6 Å². The monoisotopic (exact) mass is 256 g/mol. The summed E-state index contributed by atoms with van der Waals surface area (Å²) in [5.74, 6) is 0.905. The zero-order valence-corrected chi connectivity index (χ0v) is 10.1. The molecule has 0 unspecified atom stereocenters. The molecule has 0 amide bonds. The van der Waals surface area contributed by atoms with Crippen LogP contribution in [0.3, 0.4) is 0 Å². The van der Waals surface area contributed by atoms with Gasteiger partial charge in [-0.1, -0.05) is 0 Å². The quantitative estimate of drug-likeness (QED) is 0.711. The molecule has 6 heteroatoms. The molecule has 1 saturated heterocycles. The van der Waals surface area contributed by atoms with Crippen LogP contribution in [0.1, 0.15) is 19.3 Å². The Balaban J connectivity index is 1.87. The summed E-state index contributed by atoms with van der Waals surface area (Å²) in [6.07, 6.45) is -2.42. The lowest BCUT2D eigenvalue weighted by atomic mass is 10.2. The predicted molar refractivity (Wildman–Crippen MR) is 61.9 cm³/mol. The van der Waals surface area contributed by atoms with E-state index in [9.17, 15) is 13.2 Å². The third kappa shape index (κ3) is 7.35. The van der Waals surface area contributed by atoms with Gasteiger partial charge in [-0.25, -0.2) is 0 Å². The summed E-state index contributed by atoms with van der Waals surface area (Å²) in [6.45, 7) is 2.85. The van der Waals surface area contributed by atoms with E-state index in [2.05, 4.69) is 10.6 Å². The average molecular weight is 256 g/mol. The Morgan fingerprint density at radius 1 is 1.19 bits per heavy atom. The number of hydrogen-bond donors (Lipinski definition) is 2. The van der Waals surface area contributed by atoms with Gasteiger partial charge in [-0.15, -0.1) is 0 Å². The summed E-state index contributed by atoms with van der Waals surface area (Å²) >= 11 is 1.87. The Morgan fingerprint density at radius 2 is 1.88 bits per heavy atom. The minimum atomic E-state index is -4.03. The van der Waals surface area contributed by atoms with Crippen molar-refractivity contribution < 1.29 is 13.2 Å². The fourth-order valence-corrected chi connectivity index (χ4v) is 2.78. The minimum Gasteiger partial charge on any atom is -0.317 e. The van der Waals surface area contributed by atoms with E-state index in [-0.39, 0.29) is 6.54 Å². The molecule has 0 aromatic heterocycles. The van der Waals surface area contributed by atoms with Crippen molar-refractivity contribution in [3.05, 3.63) is 0 Å². The summed E-state index contributed by atoms with van der Waals surface area (Å²) in [6, 6.07) is 0. The SMILES string of the molecule is FC(F)(F)CCNCCSC1CCNCC1. The second-order valence-corrected chi connectivity index (χ2v) is 5.34. The summed E-state index contributed by atoms with van der Waals surface area (Å²) in [4.78, 5) is 0. The summed E-state index contributed by atoms with van der Waals surface area (Å²) in [7, 11) is 0. The van der Waals surface area contributed by atoms with E-state index in [0.29, 0.717) is 11.8 Å². The Morgan fingerprint density at radius 3 is 2.50 bits per heavy atom. The van der Waals surface area contributed by atoms with Crippen LogP contribution >= 0.6 is 11.8 Å². The van der Waals surface area contributed by atoms with Crippen LogP contribution in [0.25, 0.3) is 0 Å². The molecule has 1 aliphatic rings. The molecule has 0 aromatic carbocycles. The second-order valence-electron chi connectivity index (χ2n) is 3.94. The largest absolute Gasteiger partial charge is 0.390 e. The molecular formula is C10H19F3N2S. The van der Waals surface area contributed by atoms with Crippen molar-refractivity contribution in [3.63, 3.8) is 0 Å². The lowest BCUT2D eigenvalue weighted by Gasteiger charge is -2.22. The molecule has 0 aromatic rings. The van der Waals surface area contributed by atoms with Crippen LogP contribution in [0, 0.1) is 0 Å². The highest BCUT2D eigenvalue weighted by molar-refractivity contribution is 7.99. The Bertz CT molecular complexity index is 181. The smallest absolute Gasteiger partial charge is 0.317 e. The van der Waals surface area contributed by atoms with Crippen LogP contribution in [0.15, 0.2) is 0 Å². The number of piperidine rings is 1. The van der Waals surface area contributed by atoms with Crippen molar-refractivity contribution >= 4 is 11.8 Å². The van der Waals surface area contributed by atoms with E-state index in [0.717, 1.165) is 18.8 Å².